The highest BCUT2D eigenvalue weighted by Crippen LogP contribution is 2.29. The number of aliphatic hydroxyl groups excluding tert-OH is 1. The first kappa shape index (κ1) is 26.7. The molecule has 3 aromatic heterocycles. The molecule has 39 heavy (non-hydrogen) atoms. The molecule has 1 saturated heterocycles. The molecule has 10 nitrogen and oxygen atoms in total. The van der Waals surface area contributed by atoms with Gasteiger partial charge in [-0.3, -0.25) is 19.1 Å². The maximum Gasteiger partial charge on any atom is 0.419 e. The predicted molar refractivity (Wildman–Crippen MR) is 138 cm³/mol. The van der Waals surface area contributed by atoms with Crippen molar-refractivity contribution in [3.8, 4) is 5.95 Å². The van der Waals surface area contributed by atoms with E-state index in [1.54, 1.807) is 51.5 Å². The van der Waals surface area contributed by atoms with E-state index in [-0.39, 0.29) is 30.8 Å². The first-order valence-corrected chi connectivity index (χ1v) is 12.9. The van der Waals surface area contributed by atoms with Crippen LogP contribution in [-0.2, 0) is 11.0 Å². The zero-order valence-electron chi connectivity index (χ0n) is 20.5. The average molecular weight is 560 g/mol. The van der Waals surface area contributed by atoms with Crippen molar-refractivity contribution in [2.24, 2.45) is 0 Å². The van der Waals surface area contributed by atoms with Crippen molar-refractivity contribution in [1.29, 1.82) is 0 Å². The lowest BCUT2D eigenvalue weighted by atomic mass is 10.1. The third-order valence-corrected chi connectivity index (χ3v) is 7.28. The largest absolute Gasteiger partial charge is 0.419 e. The van der Waals surface area contributed by atoms with Gasteiger partial charge >= 0.3 is 6.18 Å². The topological polar surface area (TPSA) is 116 Å². The molecule has 4 heterocycles. The minimum absolute atomic E-state index is 0.0649. The van der Waals surface area contributed by atoms with E-state index >= 15 is 0 Å². The molecule has 0 spiro atoms. The van der Waals surface area contributed by atoms with Gasteiger partial charge in [0.25, 0.3) is 5.91 Å². The van der Waals surface area contributed by atoms with Crippen LogP contribution in [0, 0.1) is 0 Å². The maximum atomic E-state index is 12.8. The van der Waals surface area contributed by atoms with Crippen LogP contribution in [0.5, 0.6) is 0 Å². The van der Waals surface area contributed by atoms with Gasteiger partial charge in [-0.2, -0.15) is 13.2 Å². The molecule has 0 radical (unpaired) electrons. The van der Waals surface area contributed by atoms with Gasteiger partial charge in [-0.1, -0.05) is 0 Å². The highest BCUT2D eigenvalue weighted by Gasteiger charge is 2.31. The normalized spacial score (nSPS) is 15.4. The Morgan fingerprint density at radius 1 is 1.08 bits per heavy atom. The number of thiazole rings is 1. The van der Waals surface area contributed by atoms with E-state index in [0.717, 1.165) is 17.8 Å². The Morgan fingerprint density at radius 3 is 2.46 bits per heavy atom. The van der Waals surface area contributed by atoms with Crippen molar-refractivity contribution in [3.05, 3.63) is 65.0 Å². The van der Waals surface area contributed by atoms with Crippen LogP contribution >= 0.6 is 11.3 Å². The van der Waals surface area contributed by atoms with E-state index in [0.29, 0.717) is 42.4 Å². The van der Waals surface area contributed by atoms with Crippen LogP contribution < -0.4 is 5.32 Å². The number of aliphatic hydroxyl groups is 1. The Hall–Kier alpha value is -3.88. The lowest BCUT2D eigenvalue weighted by molar-refractivity contribution is -0.138. The molecule has 1 atom stereocenters. The van der Waals surface area contributed by atoms with Gasteiger partial charge in [0.2, 0.25) is 11.9 Å². The maximum absolute atomic E-state index is 12.8. The minimum Gasteiger partial charge on any atom is -0.395 e. The summed E-state index contributed by atoms with van der Waals surface area (Å²) in [5.74, 6) is -0.300. The van der Waals surface area contributed by atoms with Gasteiger partial charge in [-0.15, -0.1) is 11.3 Å². The number of carbonyl (C=O) groups excluding carboxylic acids is 2. The number of piperazine rings is 1. The van der Waals surface area contributed by atoms with Gasteiger partial charge in [-0.05, 0) is 24.3 Å². The smallest absolute Gasteiger partial charge is 0.395 e. The fourth-order valence-electron chi connectivity index (χ4n) is 4.48. The summed E-state index contributed by atoms with van der Waals surface area (Å²) >= 11 is 1.29. The lowest BCUT2D eigenvalue weighted by Crippen LogP contribution is -2.53. The van der Waals surface area contributed by atoms with Crippen LogP contribution in [0.25, 0.3) is 16.9 Å². The number of nitrogens with one attached hydrogen (secondary N) is 1. The molecule has 0 aliphatic carbocycles. The third kappa shape index (κ3) is 5.92. The lowest BCUT2D eigenvalue weighted by Gasteiger charge is -2.38. The van der Waals surface area contributed by atoms with Gasteiger partial charge in [-0.25, -0.2) is 15.0 Å². The molecule has 1 aliphatic heterocycles. The molecule has 1 fully saturated rings. The predicted octanol–water partition coefficient (Wildman–Crippen LogP) is 3.04. The van der Waals surface area contributed by atoms with Crippen LogP contribution in [0.15, 0.2) is 54.4 Å². The summed E-state index contributed by atoms with van der Waals surface area (Å²) < 4.78 is 40.0. The van der Waals surface area contributed by atoms with Crippen molar-refractivity contribution >= 4 is 39.7 Å². The van der Waals surface area contributed by atoms with Crippen molar-refractivity contribution in [3.63, 3.8) is 0 Å². The fraction of sp³-hybridized carbons (Fsp3) is 0.320. The minimum atomic E-state index is -4.52. The monoisotopic (exact) mass is 559 g/mol. The van der Waals surface area contributed by atoms with Crippen molar-refractivity contribution in [2.45, 2.75) is 18.6 Å². The van der Waals surface area contributed by atoms with E-state index in [1.165, 1.54) is 11.3 Å². The quantitative estimate of drug-likeness (QED) is 0.358. The number of nitrogens with zero attached hydrogens (tertiary/aromatic N) is 6. The second-order valence-corrected chi connectivity index (χ2v) is 9.88. The molecule has 1 aromatic carbocycles. The number of carbonyl (C=O) groups is 2. The summed E-state index contributed by atoms with van der Waals surface area (Å²) in [6.07, 6.45) is 0.247. The number of alkyl halides is 3. The second-order valence-electron chi connectivity index (χ2n) is 8.98. The standard InChI is InChI=1S/C25H24F3N7O3S/c26-25(27,28)17-13-30-24(31-14-17)35-5-3-16-11-18(1-2-20(16)35)32-21(37)12-19(15-36)33-6-8-34(9-7-33)23(38)22-29-4-10-39-22/h1-5,10-11,13-14,19,36H,6-9,12,15H2,(H,32,37)/t19-/m1/s1. The summed E-state index contributed by atoms with van der Waals surface area (Å²) in [6.45, 7) is 1.81. The number of rotatable bonds is 7. The van der Waals surface area contributed by atoms with Crippen molar-refractivity contribution < 1.29 is 27.9 Å². The molecular weight excluding hydrogens is 535 g/mol. The van der Waals surface area contributed by atoms with E-state index < -0.39 is 17.8 Å². The molecule has 2 N–H and O–H groups in total. The van der Waals surface area contributed by atoms with E-state index in [1.807, 2.05) is 4.90 Å². The number of hydrogen-bond donors (Lipinski definition) is 2. The summed E-state index contributed by atoms with van der Waals surface area (Å²) in [4.78, 5) is 40.7. The molecule has 5 rings (SSSR count). The SMILES string of the molecule is O=C(C[C@H](CO)N1CCN(C(=O)c2nccs2)CC1)Nc1ccc2c(ccn2-c2ncc(C(F)(F)F)cn2)c1. The number of amides is 2. The Balaban J connectivity index is 1.19. The summed E-state index contributed by atoms with van der Waals surface area (Å²) in [7, 11) is 0. The van der Waals surface area contributed by atoms with Crippen LogP contribution in [-0.4, -0.2) is 85.1 Å². The molecule has 204 valence electrons. The Labute approximate surface area is 224 Å². The summed E-state index contributed by atoms with van der Waals surface area (Å²) in [5, 5.41) is 15.7. The number of hydrogen-bond acceptors (Lipinski definition) is 8. The fourth-order valence-corrected chi connectivity index (χ4v) is 5.08. The van der Waals surface area contributed by atoms with Crippen LogP contribution in [0.2, 0.25) is 0 Å². The Morgan fingerprint density at radius 2 is 1.82 bits per heavy atom. The van der Waals surface area contributed by atoms with Gasteiger partial charge in [0, 0.05) is 79.9 Å². The van der Waals surface area contributed by atoms with Crippen LogP contribution in [0.3, 0.4) is 0 Å². The van der Waals surface area contributed by atoms with Gasteiger partial charge < -0.3 is 15.3 Å². The molecule has 0 bridgehead atoms. The van der Waals surface area contributed by atoms with Gasteiger partial charge in [0.05, 0.1) is 17.7 Å². The number of aromatic nitrogens is 4. The summed E-state index contributed by atoms with van der Waals surface area (Å²) in [6, 6.07) is 6.48. The number of anilines is 1. The highest BCUT2D eigenvalue weighted by atomic mass is 32.1. The Kier molecular flexibility index (Phi) is 7.59. The molecule has 0 saturated carbocycles. The van der Waals surface area contributed by atoms with E-state index in [4.69, 9.17) is 0 Å². The molecule has 2 amide bonds. The van der Waals surface area contributed by atoms with Crippen LogP contribution in [0.1, 0.15) is 21.8 Å². The van der Waals surface area contributed by atoms with Crippen molar-refractivity contribution in [2.75, 3.05) is 38.1 Å². The van der Waals surface area contributed by atoms with E-state index in [2.05, 4.69) is 20.3 Å². The highest BCUT2D eigenvalue weighted by molar-refractivity contribution is 7.11. The number of fused-ring (bicyclic) bond motifs is 1. The molecule has 0 unspecified atom stereocenters. The van der Waals surface area contributed by atoms with Crippen LogP contribution in [0.4, 0.5) is 18.9 Å². The molecule has 14 heteroatoms. The molecular formula is C25H24F3N7O3S. The number of benzene rings is 1. The average Bonchev–Trinajstić information content (AvgIpc) is 3.61. The van der Waals surface area contributed by atoms with Gasteiger partial charge in [0.1, 0.15) is 0 Å². The third-order valence-electron chi connectivity index (χ3n) is 6.52. The van der Waals surface area contributed by atoms with Gasteiger partial charge in [0.15, 0.2) is 5.01 Å². The first-order valence-electron chi connectivity index (χ1n) is 12.1. The first-order chi connectivity index (χ1) is 18.7. The number of halogens is 3. The van der Waals surface area contributed by atoms with Crippen molar-refractivity contribution in [1.82, 2.24) is 29.3 Å². The second kappa shape index (κ2) is 11.1. The summed E-state index contributed by atoms with van der Waals surface area (Å²) in [5.41, 5.74) is 0.264. The molecule has 1 aliphatic rings. The molecule has 4 aromatic rings. The van der Waals surface area contributed by atoms with E-state index in [9.17, 15) is 27.9 Å². The Bertz CT molecular complexity index is 1450. The zero-order valence-corrected chi connectivity index (χ0v) is 21.3. The zero-order chi connectivity index (χ0) is 27.6.